The molecule has 6 nitrogen and oxygen atoms in total. The average molecular weight is 455 g/mol. The first-order chi connectivity index (χ1) is 15.2. The fourth-order valence-corrected chi connectivity index (χ4v) is 4.55. The first-order valence-corrected chi connectivity index (χ1v) is 11.4. The van der Waals surface area contributed by atoms with Gasteiger partial charge in [0, 0.05) is 44.8 Å². The van der Waals surface area contributed by atoms with Crippen LogP contribution in [0.5, 0.6) is 0 Å². The highest BCUT2D eigenvalue weighted by molar-refractivity contribution is 5.83. The van der Waals surface area contributed by atoms with Crippen molar-refractivity contribution in [2.24, 2.45) is 5.92 Å². The maximum absolute atomic E-state index is 13.0. The molecule has 0 bridgehead atoms. The second-order valence-corrected chi connectivity index (χ2v) is 8.86. The van der Waals surface area contributed by atoms with E-state index in [1.165, 1.54) is 19.1 Å². The first kappa shape index (κ1) is 24.4. The average Bonchev–Trinajstić information content (AvgIpc) is 2.77. The van der Waals surface area contributed by atoms with Gasteiger partial charge in [0.1, 0.15) is 0 Å². The lowest BCUT2D eigenvalue weighted by molar-refractivity contribution is -0.137. The van der Waals surface area contributed by atoms with E-state index in [1.807, 2.05) is 4.90 Å². The third-order valence-electron chi connectivity index (χ3n) is 6.47. The highest BCUT2D eigenvalue weighted by atomic mass is 19.4. The van der Waals surface area contributed by atoms with Gasteiger partial charge in [-0.05, 0) is 62.8 Å². The topological polar surface area (TPSA) is 64.7 Å². The van der Waals surface area contributed by atoms with Crippen LogP contribution in [0.25, 0.3) is 0 Å². The fraction of sp³-hybridized carbons (Fsp3) is 0.652. The van der Waals surface area contributed by atoms with E-state index in [0.717, 1.165) is 70.9 Å². The molecule has 0 aromatic heterocycles. The van der Waals surface area contributed by atoms with Crippen molar-refractivity contribution in [3.8, 4) is 0 Å². The van der Waals surface area contributed by atoms with Crippen LogP contribution in [-0.2, 0) is 15.8 Å². The molecule has 1 aliphatic carbocycles. The first-order valence-electron chi connectivity index (χ1n) is 11.4. The molecule has 1 saturated heterocycles. The highest BCUT2D eigenvalue weighted by Crippen LogP contribution is 2.32. The van der Waals surface area contributed by atoms with E-state index in [4.69, 9.17) is 0 Å². The SMILES string of the molecule is CC(=O)NCC(=O)NC1CCC(CCN2CCN(c3cccc(C(F)(F)F)c3)CC2)CC1. The smallest absolute Gasteiger partial charge is 0.369 e. The maximum atomic E-state index is 13.0. The minimum absolute atomic E-state index is 0.0295. The van der Waals surface area contributed by atoms with Crippen LogP contribution in [0.4, 0.5) is 18.9 Å². The van der Waals surface area contributed by atoms with Crippen LogP contribution in [0.1, 0.15) is 44.6 Å². The molecule has 1 heterocycles. The van der Waals surface area contributed by atoms with Crippen LogP contribution >= 0.6 is 0 Å². The van der Waals surface area contributed by atoms with Crippen LogP contribution in [-0.4, -0.2) is 62.0 Å². The van der Waals surface area contributed by atoms with Gasteiger partial charge in [0.15, 0.2) is 0 Å². The number of nitrogens with one attached hydrogen (secondary N) is 2. The summed E-state index contributed by atoms with van der Waals surface area (Å²) in [6.45, 7) is 5.59. The summed E-state index contributed by atoms with van der Waals surface area (Å²) in [5, 5.41) is 5.51. The second-order valence-electron chi connectivity index (χ2n) is 8.86. The van der Waals surface area contributed by atoms with Crippen molar-refractivity contribution in [2.75, 3.05) is 44.2 Å². The Morgan fingerprint density at radius 3 is 2.38 bits per heavy atom. The molecule has 1 aromatic rings. The molecule has 2 fully saturated rings. The van der Waals surface area contributed by atoms with Gasteiger partial charge in [0.25, 0.3) is 0 Å². The molecule has 9 heteroatoms. The predicted molar refractivity (Wildman–Crippen MR) is 117 cm³/mol. The summed E-state index contributed by atoms with van der Waals surface area (Å²) in [5.41, 5.74) is 0.0395. The molecule has 2 amide bonds. The van der Waals surface area contributed by atoms with Crippen LogP contribution in [0.15, 0.2) is 24.3 Å². The van der Waals surface area contributed by atoms with E-state index in [1.54, 1.807) is 6.07 Å². The zero-order valence-electron chi connectivity index (χ0n) is 18.6. The second kappa shape index (κ2) is 11.0. The van der Waals surface area contributed by atoms with Gasteiger partial charge in [-0.15, -0.1) is 0 Å². The fourth-order valence-electron chi connectivity index (χ4n) is 4.55. The Morgan fingerprint density at radius 1 is 1.06 bits per heavy atom. The minimum atomic E-state index is -4.31. The van der Waals surface area contributed by atoms with Gasteiger partial charge in [-0.2, -0.15) is 13.2 Å². The summed E-state index contributed by atoms with van der Waals surface area (Å²) in [5.74, 6) is 0.293. The Hall–Kier alpha value is -2.29. The van der Waals surface area contributed by atoms with Crippen LogP contribution < -0.4 is 15.5 Å². The third kappa shape index (κ3) is 7.39. The van der Waals surface area contributed by atoms with Crippen LogP contribution in [0, 0.1) is 5.92 Å². The monoisotopic (exact) mass is 454 g/mol. The number of halogens is 3. The van der Waals surface area contributed by atoms with E-state index in [-0.39, 0.29) is 24.4 Å². The molecule has 1 aliphatic heterocycles. The number of hydrogen-bond donors (Lipinski definition) is 2. The molecule has 0 atom stereocenters. The van der Waals surface area contributed by atoms with E-state index >= 15 is 0 Å². The number of hydrogen-bond acceptors (Lipinski definition) is 4. The molecule has 2 aliphatic rings. The molecule has 3 rings (SSSR count). The molecule has 1 aromatic carbocycles. The third-order valence-corrected chi connectivity index (χ3v) is 6.47. The van der Waals surface area contributed by atoms with Gasteiger partial charge in [-0.3, -0.25) is 14.5 Å². The standard InChI is InChI=1S/C23H33F3N4O2/c1-17(31)27-16-22(32)28-20-7-5-18(6-8-20)9-10-29-11-13-30(14-12-29)21-4-2-3-19(15-21)23(24,25)26/h2-4,15,18,20H,5-14,16H2,1H3,(H,27,31)(H,28,32). The Morgan fingerprint density at radius 2 is 1.75 bits per heavy atom. The Kier molecular flexibility index (Phi) is 8.39. The van der Waals surface area contributed by atoms with Crippen molar-refractivity contribution in [1.29, 1.82) is 0 Å². The van der Waals surface area contributed by atoms with Crippen molar-refractivity contribution < 1.29 is 22.8 Å². The number of alkyl halides is 3. The number of nitrogens with zero attached hydrogens (tertiary/aromatic N) is 2. The molecule has 178 valence electrons. The van der Waals surface area contributed by atoms with Crippen molar-refractivity contribution in [3.05, 3.63) is 29.8 Å². The zero-order chi connectivity index (χ0) is 23.1. The summed E-state index contributed by atoms with van der Waals surface area (Å²) in [4.78, 5) is 27.1. The molecule has 2 N–H and O–H groups in total. The van der Waals surface area contributed by atoms with Gasteiger partial charge >= 0.3 is 6.18 Å². The van der Waals surface area contributed by atoms with Gasteiger partial charge in [0.2, 0.25) is 11.8 Å². The van der Waals surface area contributed by atoms with E-state index in [2.05, 4.69) is 15.5 Å². The normalized spacial score (nSPS) is 22.4. The van der Waals surface area contributed by atoms with Gasteiger partial charge in [-0.1, -0.05) is 6.07 Å². The molecular weight excluding hydrogens is 421 g/mol. The summed E-state index contributed by atoms with van der Waals surface area (Å²) in [7, 11) is 0. The number of anilines is 1. The lowest BCUT2D eigenvalue weighted by Crippen LogP contribution is -2.47. The number of rotatable bonds is 7. The maximum Gasteiger partial charge on any atom is 0.416 e. The summed E-state index contributed by atoms with van der Waals surface area (Å²) in [6, 6.07) is 5.76. The Labute approximate surface area is 187 Å². The number of carbonyl (C=O) groups excluding carboxylic acids is 2. The predicted octanol–water partition coefficient (Wildman–Crippen LogP) is 3.03. The van der Waals surface area contributed by atoms with E-state index in [0.29, 0.717) is 11.6 Å². The van der Waals surface area contributed by atoms with Crippen molar-refractivity contribution in [2.45, 2.75) is 51.2 Å². The lowest BCUT2D eigenvalue weighted by atomic mass is 9.84. The summed E-state index contributed by atoms with van der Waals surface area (Å²) >= 11 is 0. The highest BCUT2D eigenvalue weighted by Gasteiger charge is 2.31. The molecule has 1 saturated carbocycles. The molecule has 0 radical (unpaired) electrons. The molecule has 0 spiro atoms. The molecular formula is C23H33F3N4O2. The van der Waals surface area contributed by atoms with E-state index in [9.17, 15) is 22.8 Å². The number of benzene rings is 1. The summed E-state index contributed by atoms with van der Waals surface area (Å²) < 4.78 is 38.9. The van der Waals surface area contributed by atoms with E-state index < -0.39 is 11.7 Å². The van der Waals surface area contributed by atoms with Crippen LogP contribution in [0.3, 0.4) is 0 Å². The van der Waals surface area contributed by atoms with Crippen molar-refractivity contribution >= 4 is 17.5 Å². The number of piperazine rings is 1. The molecule has 0 unspecified atom stereocenters. The number of amides is 2. The Balaban J connectivity index is 1.34. The van der Waals surface area contributed by atoms with Crippen LogP contribution in [0.2, 0.25) is 0 Å². The lowest BCUT2D eigenvalue weighted by Gasteiger charge is -2.37. The van der Waals surface area contributed by atoms with Gasteiger partial charge in [0.05, 0.1) is 12.1 Å². The summed E-state index contributed by atoms with van der Waals surface area (Å²) in [6.07, 6.45) is 0.866. The van der Waals surface area contributed by atoms with Gasteiger partial charge in [-0.25, -0.2) is 0 Å². The van der Waals surface area contributed by atoms with Crippen molar-refractivity contribution in [3.63, 3.8) is 0 Å². The quantitative estimate of drug-likeness (QED) is 0.665. The largest absolute Gasteiger partial charge is 0.416 e. The molecule has 32 heavy (non-hydrogen) atoms. The zero-order valence-corrected chi connectivity index (χ0v) is 18.6. The Bertz CT molecular complexity index is 771. The van der Waals surface area contributed by atoms with Gasteiger partial charge < -0.3 is 15.5 Å². The number of carbonyl (C=O) groups is 2. The minimum Gasteiger partial charge on any atom is -0.369 e. The van der Waals surface area contributed by atoms with Crippen molar-refractivity contribution in [1.82, 2.24) is 15.5 Å².